The van der Waals surface area contributed by atoms with Gasteiger partial charge in [-0.15, -0.1) is 22.7 Å². The summed E-state index contributed by atoms with van der Waals surface area (Å²) >= 11 is 4.79. The van der Waals surface area contributed by atoms with Crippen LogP contribution in [0.2, 0.25) is 0 Å². The molecule has 136 valence electrons. The Morgan fingerprint density at radius 2 is 2.04 bits per heavy atom. The number of nitrogens with zero attached hydrogens (tertiary/aromatic N) is 2. The first-order chi connectivity index (χ1) is 12.5. The summed E-state index contributed by atoms with van der Waals surface area (Å²) < 4.78 is 6.41. The smallest absolute Gasteiger partial charge is 0.222 e. The number of aryl methyl sites for hydroxylation is 1. The number of hydrogen-bond acceptors (Lipinski definition) is 7. The van der Waals surface area contributed by atoms with Crippen molar-refractivity contribution < 1.29 is 9.53 Å². The average Bonchev–Trinajstić information content (AvgIpc) is 3.21. The van der Waals surface area contributed by atoms with E-state index in [0.29, 0.717) is 6.61 Å². The Balaban J connectivity index is 1.62. The van der Waals surface area contributed by atoms with Gasteiger partial charge in [-0.2, -0.15) is 0 Å². The van der Waals surface area contributed by atoms with Crippen LogP contribution < -0.4 is 10.5 Å². The predicted octanol–water partition coefficient (Wildman–Crippen LogP) is 4.29. The summed E-state index contributed by atoms with van der Waals surface area (Å²) in [5.74, 6) is 1.29. The molecule has 5 nitrogen and oxygen atoms in total. The van der Waals surface area contributed by atoms with E-state index in [0.717, 1.165) is 42.7 Å². The van der Waals surface area contributed by atoms with Crippen molar-refractivity contribution >= 4 is 40.3 Å². The van der Waals surface area contributed by atoms with Crippen molar-refractivity contribution in [2.45, 2.75) is 30.4 Å². The number of nitrogens with two attached hydrogens (primary N) is 1. The lowest BCUT2D eigenvalue weighted by Gasteiger charge is -2.02. The van der Waals surface area contributed by atoms with E-state index in [-0.39, 0.29) is 12.3 Å². The molecule has 0 radical (unpaired) electrons. The van der Waals surface area contributed by atoms with Gasteiger partial charge in [0.25, 0.3) is 0 Å². The van der Waals surface area contributed by atoms with E-state index >= 15 is 0 Å². The molecule has 0 unspecified atom stereocenters. The third-order valence-electron chi connectivity index (χ3n) is 3.52. The Labute approximate surface area is 164 Å². The van der Waals surface area contributed by atoms with E-state index in [9.17, 15) is 4.79 Å². The summed E-state index contributed by atoms with van der Waals surface area (Å²) in [5, 5.41) is 3.07. The quantitative estimate of drug-likeness (QED) is 0.566. The minimum Gasteiger partial charge on any atom is -0.494 e. The standard InChI is InChI=1S/C18H19N3O2S3/c1-3-23-14-6-4-12(5-7-14)17-21-13(9-24-17)10-25-18-20-11(2)15(26-18)8-16(19)22/h4-7,9H,3,8,10H2,1-2H3,(H2,19,22). The van der Waals surface area contributed by atoms with E-state index in [2.05, 4.69) is 10.4 Å². The minimum absolute atomic E-state index is 0.253. The molecule has 2 N–H and O–H groups in total. The van der Waals surface area contributed by atoms with Crippen LogP contribution in [0.25, 0.3) is 10.6 Å². The number of benzene rings is 1. The molecular weight excluding hydrogens is 386 g/mol. The first-order valence-electron chi connectivity index (χ1n) is 8.10. The topological polar surface area (TPSA) is 78.1 Å². The molecule has 0 aliphatic rings. The van der Waals surface area contributed by atoms with Crippen LogP contribution in [0.15, 0.2) is 34.0 Å². The van der Waals surface area contributed by atoms with Crippen molar-refractivity contribution in [2.24, 2.45) is 5.73 Å². The molecule has 0 fully saturated rings. The molecule has 26 heavy (non-hydrogen) atoms. The highest BCUT2D eigenvalue weighted by atomic mass is 32.2. The minimum atomic E-state index is -0.326. The van der Waals surface area contributed by atoms with Gasteiger partial charge in [0.05, 0.1) is 24.4 Å². The van der Waals surface area contributed by atoms with Crippen molar-refractivity contribution in [3.63, 3.8) is 0 Å². The Morgan fingerprint density at radius 3 is 2.73 bits per heavy atom. The van der Waals surface area contributed by atoms with Crippen molar-refractivity contribution in [2.75, 3.05) is 6.61 Å². The Hall–Kier alpha value is -1.90. The number of primary amides is 1. The number of rotatable bonds is 8. The van der Waals surface area contributed by atoms with Gasteiger partial charge in [0, 0.05) is 21.6 Å². The molecule has 2 aromatic heterocycles. The molecule has 3 aromatic rings. The maximum atomic E-state index is 11.1. The van der Waals surface area contributed by atoms with Crippen molar-refractivity contribution in [3.8, 4) is 16.3 Å². The van der Waals surface area contributed by atoms with Gasteiger partial charge in [0.2, 0.25) is 5.91 Å². The Kier molecular flexibility index (Phi) is 6.29. The van der Waals surface area contributed by atoms with Gasteiger partial charge in [-0.05, 0) is 38.1 Å². The summed E-state index contributed by atoms with van der Waals surface area (Å²) in [6, 6.07) is 7.99. The fourth-order valence-corrected chi connectivity index (χ4v) is 5.35. The van der Waals surface area contributed by atoms with Crippen LogP contribution in [-0.4, -0.2) is 22.5 Å². The highest BCUT2D eigenvalue weighted by Crippen LogP contribution is 2.32. The number of thiazole rings is 2. The third kappa shape index (κ3) is 4.84. The molecule has 0 saturated heterocycles. The number of hydrogen-bond donors (Lipinski definition) is 1. The number of thioether (sulfide) groups is 1. The van der Waals surface area contributed by atoms with Gasteiger partial charge < -0.3 is 10.5 Å². The van der Waals surface area contributed by atoms with Gasteiger partial charge >= 0.3 is 0 Å². The number of carbonyl (C=O) groups excluding carboxylic acids is 1. The lowest BCUT2D eigenvalue weighted by Crippen LogP contribution is -2.13. The molecule has 0 saturated carbocycles. The molecule has 0 aliphatic heterocycles. The Morgan fingerprint density at radius 1 is 1.27 bits per heavy atom. The molecule has 0 spiro atoms. The molecule has 2 heterocycles. The van der Waals surface area contributed by atoms with E-state index < -0.39 is 0 Å². The Bertz CT molecular complexity index is 887. The summed E-state index contributed by atoms with van der Waals surface area (Å²) in [5.41, 5.74) is 8.26. The maximum Gasteiger partial charge on any atom is 0.222 e. The highest BCUT2D eigenvalue weighted by Gasteiger charge is 2.12. The predicted molar refractivity (Wildman–Crippen MR) is 108 cm³/mol. The van der Waals surface area contributed by atoms with Crippen LogP contribution in [0, 0.1) is 6.92 Å². The largest absolute Gasteiger partial charge is 0.494 e. The SMILES string of the molecule is CCOc1ccc(-c2nc(CSc3nc(C)c(CC(N)=O)s3)cs2)cc1. The number of amides is 1. The van der Waals surface area contributed by atoms with Gasteiger partial charge in [0.15, 0.2) is 4.34 Å². The molecule has 1 aromatic carbocycles. The van der Waals surface area contributed by atoms with Crippen LogP contribution in [0.3, 0.4) is 0 Å². The third-order valence-corrected chi connectivity index (χ3v) is 6.79. The summed E-state index contributed by atoms with van der Waals surface area (Å²) in [7, 11) is 0. The van der Waals surface area contributed by atoms with E-state index in [1.807, 2.05) is 38.1 Å². The number of carbonyl (C=O) groups is 1. The average molecular weight is 406 g/mol. The van der Waals surface area contributed by atoms with Crippen LogP contribution in [0.4, 0.5) is 0 Å². The van der Waals surface area contributed by atoms with Crippen LogP contribution in [0.1, 0.15) is 23.2 Å². The van der Waals surface area contributed by atoms with Crippen molar-refractivity contribution in [3.05, 3.63) is 45.9 Å². The normalized spacial score (nSPS) is 10.8. The second-order valence-electron chi connectivity index (χ2n) is 5.52. The fraction of sp³-hybridized carbons (Fsp3) is 0.278. The molecule has 0 bridgehead atoms. The fourth-order valence-electron chi connectivity index (χ4n) is 2.29. The number of ether oxygens (including phenoxy) is 1. The van der Waals surface area contributed by atoms with Gasteiger partial charge in [-0.25, -0.2) is 9.97 Å². The second kappa shape index (κ2) is 8.66. The van der Waals surface area contributed by atoms with E-state index in [4.69, 9.17) is 15.5 Å². The molecule has 8 heteroatoms. The molecular formula is C18H19N3O2S3. The van der Waals surface area contributed by atoms with Crippen LogP contribution >= 0.6 is 34.4 Å². The summed E-state index contributed by atoms with van der Waals surface area (Å²) in [6.45, 7) is 4.54. The zero-order valence-corrected chi connectivity index (χ0v) is 17.0. The van der Waals surface area contributed by atoms with Crippen molar-refractivity contribution in [1.82, 2.24) is 9.97 Å². The highest BCUT2D eigenvalue weighted by molar-refractivity contribution is 8.00. The molecule has 1 amide bonds. The van der Waals surface area contributed by atoms with Gasteiger partial charge in [-0.3, -0.25) is 4.79 Å². The number of aromatic nitrogens is 2. The van der Waals surface area contributed by atoms with E-state index in [1.54, 1.807) is 23.1 Å². The lowest BCUT2D eigenvalue weighted by atomic mass is 10.2. The first-order valence-corrected chi connectivity index (χ1v) is 10.8. The molecule has 0 atom stereocenters. The maximum absolute atomic E-state index is 11.1. The van der Waals surface area contributed by atoms with Crippen LogP contribution in [0.5, 0.6) is 5.75 Å². The first kappa shape index (κ1) is 18.9. The zero-order valence-electron chi connectivity index (χ0n) is 14.5. The summed E-state index contributed by atoms with van der Waals surface area (Å²) in [6.07, 6.45) is 0.253. The van der Waals surface area contributed by atoms with E-state index in [1.165, 1.54) is 11.3 Å². The lowest BCUT2D eigenvalue weighted by molar-refractivity contribution is -0.117. The second-order valence-corrected chi connectivity index (χ2v) is 8.69. The summed E-state index contributed by atoms with van der Waals surface area (Å²) in [4.78, 5) is 21.2. The van der Waals surface area contributed by atoms with Crippen LogP contribution in [-0.2, 0) is 17.0 Å². The molecule has 3 rings (SSSR count). The monoisotopic (exact) mass is 405 g/mol. The van der Waals surface area contributed by atoms with Gasteiger partial charge in [0.1, 0.15) is 10.8 Å². The van der Waals surface area contributed by atoms with Crippen molar-refractivity contribution in [1.29, 1.82) is 0 Å². The zero-order chi connectivity index (χ0) is 18.5. The molecule has 0 aliphatic carbocycles. The van der Waals surface area contributed by atoms with Gasteiger partial charge in [-0.1, -0.05) is 11.8 Å².